The molecule has 98 valence electrons. The van der Waals surface area contributed by atoms with E-state index >= 15 is 0 Å². The standard InChI is InChI=1S/C14H19FN2O/c1-9-3-4-11(15)8-12(9)10-5-6-17-13(7-10)14(18)16-2/h3-4,8,10,13,17H,5-7H2,1-2H3,(H,16,18). The van der Waals surface area contributed by atoms with E-state index in [0.717, 1.165) is 30.5 Å². The highest BCUT2D eigenvalue weighted by Crippen LogP contribution is 2.30. The molecule has 1 amide bonds. The maximum absolute atomic E-state index is 13.3. The first kappa shape index (κ1) is 13.0. The molecule has 1 aromatic carbocycles. The number of carbonyl (C=O) groups is 1. The minimum atomic E-state index is -0.203. The van der Waals surface area contributed by atoms with E-state index in [0.29, 0.717) is 0 Å². The minimum absolute atomic E-state index is 0.00811. The zero-order valence-corrected chi connectivity index (χ0v) is 10.8. The Morgan fingerprint density at radius 3 is 3.00 bits per heavy atom. The number of hydrogen-bond acceptors (Lipinski definition) is 2. The van der Waals surface area contributed by atoms with Crippen molar-refractivity contribution in [1.82, 2.24) is 10.6 Å². The van der Waals surface area contributed by atoms with Gasteiger partial charge in [0, 0.05) is 7.05 Å². The summed E-state index contributed by atoms with van der Waals surface area (Å²) in [6, 6.07) is 4.72. The van der Waals surface area contributed by atoms with Gasteiger partial charge in [-0.05, 0) is 55.5 Å². The Labute approximate surface area is 107 Å². The quantitative estimate of drug-likeness (QED) is 0.839. The number of benzene rings is 1. The molecule has 0 spiro atoms. The Morgan fingerprint density at radius 2 is 2.28 bits per heavy atom. The molecule has 2 rings (SSSR count). The molecule has 1 saturated heterocycles. The molecule has 2 atom stereocenters. The molecule has 0 saturated carbocycles. The van der Waals surface area contributed by atoms with E-state index in [1.54, 1.807) is 13.1 Å². The fourth-order valence-electron chi connectivity index (χ4n) is 2.63. The Balaban J connectivity index is 2.18. The highest BCUT2D eigenvalue weighted by molar-refractivity contribution is 5.81. The zero-order valence-electron chi connectivity index (χ0n) is 10.8. The van der Waals surface area contributed by atoms with Gasteiger partial charge >= 0.3 is 0 Å². The van der Waals surface area contributed by atoms with Gasteiger partial charge < -0.3 is 10.6 Å². The molecular formula is C14H19FN2O. The zero-order chi connectivity index (χ0) is 13.1. The molecule has 1 aromatic rings. The third kappa shape index (κ3) is 2.70. The van der Waals surface area contributed by atoms with E-state index in [1.807, 2.05) is 13.0 Å². The van der Waals surface area contributed by atoms with Gasteiger partial charge in [0.25, 0.3) is 0 Å². The fraction of sp³-hybridized carbons (Fsp3) is 0.500. The summed E-state index contributed by atoms with van der Waals surface area (Å²) >= 11 is 0. The third-order valence-corrected chi connectivity index (χ3v) is 3.65. The summed E-state index contributed by atoms with van der Waals surface area (Å²) < 4.78 is 13.3. The molecule has 18 heavy (non-hydrogen) atoms. The SMILES string of the molecule is CNC(=O)C1CC(c2cc(F)ccc2C)CCN1. The van der Waals surface area contributed by atoms with Crippen LogP contribution in [-0.4, -0.2) is 25.5 Å². The lowest BCUT2D eigenvalue weighted by Gasteiger charge is -2.30. The third-order valence-electron chi connectivity index (χ3n) is 3.65. The van der Waals surface area contributed by atoms with Crippen LogP contribution in [0, 0.1) is 12.7 Å². The van der Waals surface area contributed by atoms with Gasteiger partial charge in [-0.1, -0.05) is 6.07 Å². The molecule has 1 heterocycles. The van der Waals surface area contributed by atoms with E-state index in [1.165, 1.54) is 6.07 Å². The van der Waals surface area contributed by atoms with Crippen LogP contribution in [0.3, 0.4) is 0 Å². The fourth-order valence-corrected chi connectivity index (χ4v) is 2.63. The number of amides is 1. The number of hydrogen-bond donors (Lipinski definition) is 2. The Morgan fingerprint density at radius 1 is 1.50 bits per heavy atom. The van der Waals surface area contributed by atoms with E-state index in [4.69, 9.17) is 0 Å². The average Bonchev–Trinajstić information content (AvgIpc) is 2.40. The average molecular weight is 250 g/mol. The number of aryl methyl sites for hydroxylation is 1. The first-order chi connectivity index (χ1) is 8.61. The summed E-state index contributed by atoms with van der Waals surface area (Å²) in [6.45, 7) is 2.78. The summed E-state index contributed by atoms with van der Waals surface area (Å²) in [6.07, 6.45) is 1.67. The van der Waals surface area contributed by atoms with Crippen LogP contribution in [0.25, 0.3) is 0 Å². The molecule has 3 nitrogen and oxygen atoms in total. The number of likely N-dealkylation sites (N-methyl/N-ethyl adjacent to an activating group) is 1. The van der Waals surface area contributed by atoms with Crippen molar-refractivity contribution in [3.05, 3.63) is 35.1 Å². The molecule has 1 aliphatic rings. The minimum Gasteiger partial charge on any atom is -0.358 e. The Bertz CT molecular complexity index is 447. The van der Waals surface area contributed by atoms with Gasteiger partial charge in [0.15, 0.2) is 0 Å². The normalized spacial score (nSPS) is 23.7. The van der Waals surface area contributed by atoms with Crippen LogP contribution in [0.4, 0.5) is 4.39 Å². The second kappa shape index (κ2) is 5.48. The molecule has 4 heteroatoms. The first-order valence-corrected chi connectivity index (χ1v) is 6.33. The van der Waals surface area contributed by atoms with Crippen LogP contribution < -0.4 is 10.6 Å². The first-order valence-electron chi connectivity index (χ1n) is 6.33. The Hall–Kier alpha value is -1.42. The molecule has 2 N–H and O–H groups in total. The molecule has 2 unspecified atom stereocenters. The largest absolute Gasteiger partial charge is 0.358 e. The van der Waals surface area contributed by atoms with Crippen LogP contribution in [-0.2, 0) is 4.79 Å². The van der Waals surface area contributed by atoms with Crippen molar-refractivity contribution in [2.45, 2.75) is 31.7 Å². The smallest absolute Gasteiger partial charge is 0.236 e. The molecule has 0 aliphatic carbocycles. The van der Waals surface area contributed by atoms with Gasteiger partial charge in [0.1, 0.15) is 5.82 Å². The Kier molecular flexibility index (Phi) is 3.97. The summed E-state index contributed by atoms with van der Waals surface area (Å²) in [5.74, 6) is 0.0589. The van der Waals surface area contributed by atoms with Crippen LogP contribution in [0.5, 0.6) is 0 Å². The van der Waals surface area contributed by atoms with Crippen LogP contribution >= 0.6 is 0 Å². The highest BCUT2D eigenvalue weighted by Gasteiger charge is 2.27. The lowest BCUT2D eigenvalue weighted by atomic mass is 9.84. The predicted molar refractivity (Wildman–Crippen MR) is 69.0 cm³/mol. The number of rotatable bonds is 2. The van der Waals surface area contributed by atoms with Crippen molar-refractivity contribution >= 4 is 5.91 Å². The molecule has 0 radical (unpaired) electrons. The number of carbonyl (C=O) groups excluding carboxylic acids is 1. The van der Waals surface area contributed by atoms with Gasteiger partial charge in [-0.15, -0.1) is 0 Å². The van der Waals surface area contributed by atoms with E-state index in [-0.39, 0.29) is 23.7 Å². The molecule has 0 bridgehead atoms. The summed E-state index contributed by atoms with van der Waals surface area (Å²) in [5, 5.41) is 5.85. The van der Waals surface area contributed by atoms with E-state index in [2.05, 4.69) is 10.6 Å². The van der Waals surface area contributed by atoms with Gasteiger partial charge in [0.2, 0.25) is 5.91 Å². The summed E-state index contributed by atoms with van der Waals surface area (Å²) in [7, 11) is 1.64. The second-order valence-electron chi connectivity index (χ2n) is 4.84. The number of nitrogens with one attached hydrogen (secondary N) is 2. The van der Waals surface area contributed by atoms with Crippen LogP contribution in [0.1, 0.15) is 29.9 Å². The maximum Gasteiger partial charge on any atom is 0.236 e. The van der Waals surface area contributed by atoms with Crippen molar-refractivity contribution in [2.24, 2.45) is 0 Å². The summed E-state index contributed by atoms with van der Waals surface area (Å²) in [5.41, 5.74) is 2.13. The van der Waals surface area contributed by atoms with Crippen molar-refractivity contribution < 1.29 is 9.18 Å². The van der Waals surface area contributed by atoms with Crippen LogP contribution in [0.15, 0.2) is 18.2 Å². The lowest BCUT2D eigenvalue weighted by molar-refractivity contribution is -0.123. The van der Waals surface area contributed by atoms with E-state index < -0.39 is 0 Å². The topological polar surface area (TPSA) is 41.1 Å². The molecule has 1 aliphatic heterocycles. The lowest BCUT2D eigenvalue weighted by Crippen LogP contribution is -2.47. The predicted octanol–water partition coefficient (Wildman–Crippen LogP) is 1.72. The molecule has 0 aromatic heterocycles. The van der Waals surface area contributed by atoms with Crippen molar-refractivity contribution in [3.8, 4) is 0 Å². The molecular weight excluding hydrogens is 231 g/mol. The van der Waals surface area contributed by atoms with Gasteiger partial charge in [-0.2, -0.15) is 0 Å². The molecule has 1 fully saturated rings. The van der Waals surface area contributed by atoms with E-state index in [9.17, 15) is 9.18 Å². The van der Waals surface area contributed by atoms with Gasteiger partial charge in [0.05, 0.1) is 6.04 Å². The van der Waals surface area contributed by atoms with Crippen LogP contribution in [0.2, 0.25) is 0 Å². The maximum atomic E-state index is 13.3. The van der Waals surface area contributed by atoms with Gasteiger partial charge in [-0.25, -0.2) is 4.39 Å². The number of piperidine rings is 1. The second-order valence-corrected chi connectivity index (χ2v) is 4.84. The highest BCUT2D eigenvalue weighted by atomic mass is 19.1. The van der Waals surface area contributed by atoms with Crippen molar-refractivity contribution in [3.63, 3.8) is 0 Å². The van der Waals surface area contributed by atoms with Crippen molar-refractivity contribution in [2.75, 3.05) is 13.6 Å². The van der Waals surface area contributed by atoms with Crippen molar-refractivity contribution in [1.29, 1.82) is 0 Å². The monoisotopic (exact) mass is 250 g/mol. The van der Waals surface area contributed by atoms with Gasteiger partial charge in [-0.3, -0.25) is 4.79 Å². The number of halogens is 1. The summed E-state index contributed by atoms with van der Waals surface area (Å²) in [4.78, 5) is 11.6.